The van der Waals surface area contributed by atoms with Crippen LogP contribution in [-0.2, 0) is 0 Å². The minimum absolute atomic E-state index is 0.722. The molecular weight excluding hydrogens is 713 g/mol. The lowest BCUT2D eigenvalue weighted by Gasteiger charge is -2.09. The van der Waals surface area contributed by atoms with Gasteiger partial charge in [-0.25, -0.2) is 9.97 Å². The molecule has 12 rings (SSSR count). The number of benzene rings is 8. The first-order valence-electron chi connectivity index (χ1n) is 19.2. The Hall–Kier alpha value is -7.34. The van der Waals surface area contributed by atoms with Crippen LogP contribution in [0.1, 0.15) is 0 Å². The van der Waals surface area contributed by atoms with Crippen LogP contribution in [0.5, 0.6) is 0 Å². The van der Waals surface area contributed by atoms with Crippen molar-refractivity contribution in [2.45, 2.75) is 0 Å². The van der Waals surface area contributed by atoms with Crippen molar-refractivity contribution in [1.29, 1.82) is 0 Å². The molecule has 0 saturated carbocycles. The SMILES string of the molecule is c1ccc(-c2nc(-c3ccc4c(c3)c3ccccc3n4-c3ccccc3)nc3c2sc2ccc(-c4ccc5c(c4)c4ccccc4n5-c4ccccc4)cc23)cc1. The van der Waals surface area contributed by atoms with Crippen LogP contribution in [-0.4, -0.2) is 19.1 Å². The molecule has 4 heterocycles. The molecule has 0 aliphatic heterocycles. The molecule has 0 aliphatic carbocycles. The summed E-state index contributed by atoms with van der Waals surface area (Å²) in [5, 5.41) is 6.01. The predicted molar refractivity (Wildman–Crippen MR) is 240 cm³/mol. The number of nitrogens with zero attached hydrogens (tertiary/aromatic N) is 4. The van der Waals surface area contributed by atoms with Crippen molar-refractivity contribution in [3.05, 3.63) is 194 Å². The Morgan fingerprint density at radius 2 is 0.825 bits per heavy atom. The molecule has 4 aromatic heterocycles. The zero-order chi connectivity index (χ0) is 37.5. The van der Waals surface area contributed by atoms with E-state index in [0.717, 1.165) is 60.7 Å². The van der Waals surface area contributed by atoms with E-state index in [4.69, 9.17) is 9.97 Å². The summed E-state index contributed by atoms with van der Waals surface area (Å²) in [4.78, 5) is 10.8. The Morgan fingerprint density at radius 1 is 0.351 bits per heavy atom. The van der Waals surface area contributed by atoms with Gasteiger partial charge in [-0.1, -0.05) is 115 Å². The molecule has 266 valence electrons. The third-order valence-electron chi connectivity index (χ3n) is 11.3. The molecule has 5 heteroatoms. The second-order valence-electron chi connectivity index (χ2n) is 14.6. The van der Waals surface area contributed by atoms with E-state index in [1.165, 1.54) is 48.4 Å². The molecule has 0 unspecified atom stereocenters. The molecule has 0 amide bonds. The fourth-order valence-corrected chi connectivity index (χ4v) is 9.85. The van der Waals surface area contributed by atoms with E-state index in [2.05, 4.69) is 203 Å². The van der Waals surface area contributed by atoms with Crippen molar-refractivity contribution in [1.82, 2.24) is 19.1 Å². The summed E-state index contributed by atoms with van der Waals surface area (Å²) in [6.45, 7) is 0. The van der Waals surface area contributed by atoms with Gasteiger partial charge in [0.05, 0.1) is 38.0 Å². The highest BCUT2D eigenvalue weighted by atomic mass is 32.1. The third-order valence-corrected chi connectivity index (χ3v) is 12.5. The monoisotopic (exact) mass is 744 g/mol. The maximum Gasteiger partial charge on any atom is 0.160 e. The number of hydrogen-bond acceptors (Lipinski definition) is 3. The average Bonchev–Trinajstić information content (AvgIpc) is 3.94. The second-order valence-corrected chi connectivity index (χ2v) is 15.6. The zero-order valence-electron chi connectivity index (χ0n) is 30.7. The highest BCUT2D eigenvalue weighted by Crippen LogP contribution is 2.43. The van der Waals surface area contributed by atoms with E-state index < -0.39 is 0 Å². The first-order valence-corrected chi connectivity index (χ1v) is 20.1. The Morgan fingerprint density at radius 3 is 1.44 bits per heavy atom. The maximum atomic E-state index is 5.42. The minimum atomic E-state index is 0.722. The van der Waals surface area contributed by atoms with Crippen molar-refractivity contribution >= 4 is 75.3 Å². The smallest absolute Gasteiger partial charge is 0.160 e. The largest absolute Gasteiger partial charge is 0.309 e. The average molecular weight is 745 g/mol. The molecular formula is C52H32N4S. The molecule has 0 saturated heterocycles. The molecule has 0 spiro atoms. The van der Waals surface area contributed by atoms with Crippen LogP contribution in [0.4, 0.5) is 0 Å². The van der Waals surface area contributed by atoms with Gasteiger partial charge in [-0.05, 0) is 90.0 Å². The van der Waals surface area contributed by atoms with Crippen LogP contribution in [0, 0.1) is 0 Å². The summed E-state index contributed by atoms with van der Waals surface area (Å²) in [6.07, 6.45) is 0. The number of hydrogen-bond donors (Lipinski definition) is 0. The van der Waals surface area contributed by atoms with Crippen molar-refractivity contribution in [2.75, 3.05) is 0 Å². The summed E-state index contributed by atoms with van der Waals surface area (Å²) >= 11 is 1.77. The fourth-order valence-electron chi connectivity index (χ4n) is 8.72. The first kappa shape index (κ1) is 32.0. The summed E-state index contributed by atoms with van der Waals surface area (Å²) in [5.74, 6) is 0.722. The molecule has 4 nitrogen and oxygen atoms in total. The van der Waals surface area contributed by atoms with Crippen molar-refractivity contribution in [2.24, 2.45) is 0 Å². The van der Waals surface area contributed by atoms with Gasteiger partial charge in [-0.2, -0.15) is 0 Å². The van der Waals surface area contributed by atoms with Crippen molar-refractivity contribution in [3.63, 3.8) is 0 Å². The van der Waals surface area contributed by atoms with Gasteiger partial charge < -0.3 is 9.13 Å². The molecule has 0 fully saturated rings. The number of aromatic nitrogens is 4. The molecule has 8 aromatic carbocycles. The maximum absolute atomic E-state index is 5.42. The van der Waals surface area contributed by atoms with Gasteiger partial charge in [-0.15, -0.1) is 11.3 Å². The fraction of sp³-hybridized carbons (Fsp3) is 0. The summed E-state index contributed by atoms with van der Waals surface area (Å²) < 4.78 is 7.00. The Labute approximate surface area is 332 Å². The number of rotatable bonds is 5. The van der Waals surface area contributed by atoms with Crippen LogP contribution >= 0.6 is 11.3 Å². The van der Waals surface area contributed by atoms with Gasteiger partial charge in [0.2, 0.25) is 0 Å². The predicted octanol–water partition coefficient (Wildman–Crippen LogP) is 14.0. The highest BCUT2D eigenvalue weighted by molar-refractivity contribution is 7.26. The van der Waals surface area contributed by atoms with E-state index in [0.29, 0.717) is 0 Å². The number of para-hydroxylation sites is 4. The Balaban J connectivity index is 1.06. The van der Waals surface area contributed by atoms with E-state index in [-0.39, 0.29) is 0 Å². The molecule has 0 N–H and O–H groups in total. The third kappa shape index (κ3) is 4.99. The van der Waals surface area contributed by atoms with E-state index in [1.54, 1.807) is 11.3 Å². The summed E-state index contributed by atoms with van der Waals surface area (Å²) in [6, 6.07) is 69.5. The van der Waals surface area contributed by atoms with Gasteiger partial charge in [0.15, 0.2) is 5.82 Å². The van der Waals surface area contributed by atoms with Crippen LogP contribution in [0.25, 0.3) is 109 Å². The van der Waals surface area contributed by atoms with E-state index in [1.807, 2.05) is 0 Å². The van der Waals surface area contributed by atoms with Gasteiger partial charge in [0.25, 0.3) is 0 Å². The Bertz CT molecular complexity index is 3510. The van der Waals surface area contributed by atoms with E-state index in [9.17, 15) is 0 Å². The number of fused-ring (bicyclic) bond motifs is 9. The van der Waals surface area contributed by atoms with Crippen molar-refractivity contribution < 1.29 is 0 Å². The van der Waals surface area contributed by atoms with Crippen LogP contribution in [0.3, 0.4) is 0 Å². The zero-order valence-corrected chi connectivity index (χ0v) is 31.5. The van der Waals surface area contributed by atoms with E-state index >= 15 is 0 Å². The molecule has 0 atom stereocenters. The minimum Gasteiger partial charge on any atom is -0.309 e. The molecule has 57 heavy (non-hydrogen) atoms. The lowest BCUT2D eigenvalue weighted by Crippen LogP contribution is -1.95. The van der Waals surface area contributed by atoms with Crippen LogP contribution < -0.4 is 0 Å². The Kier molecular flexibility index (Phi) is 7.06. The van der Waals surface area contributed by atoms with Gasteiger partial charge in [0, 0.05) is 54.1 Å². The van der Waals surface area contributed by atoms with Crippen LogP contribution in [0.15, 0.2) is 194 Å². The first-order chi connectivity index (χ1) is 28.3. The molecule has 0 radical (unpaired) electrons. The normalized spacial score (nSPS) is 11.9. The second kappa shape index (κ2) is 12.6. The molecule has 0 bridgehead atoms. The van der Waals surface area contributed by atoms with Crippen molar-refractivity contribution in [3.8, 4) is 45.1 Å². The summed E-state index contributed by atoms with van der Waals surface area (Å²) in [5.41, 5.74) is 13.4. The number of thiophene rings is 1. The summed E-state index contributed by atoms with van der Waals surface area (Å²) in [7, 11) is 0. The quantitative estimate of drug-likeness (QED) is 0.176. The molecule has 12 aromatic rings. The van der Waals surface area contributed by atoms with Gasteiger partial charge >= 0.3 is 0 Å². The standard InChI is InChI=1S/C52H32N4S/c1-4-14-33(15-5-1)49-51-50(54-52(53-49)36-25-28-47-42(32-36)40-21-11-13-23-45(40)56(47)38-18-8-3-9-19-38)43-31-35(26-29-48(43)57-51)34-24-27-46-41(30-34)39-20-10-12-22-44(39)55(46)37-16-6-2-7-17-37/h1-32H. The van der Waals surface area contributed by atoms with Crippen LogP contribution in [0.2, 0.25) is 0 Å². The lowest BCUT2D eigenvalue weighted by molar-refractivity contribution is 1.18. The topological polar surface area (TPSA) is 35.6 Å². The lowest BCUT2D eigenvalue weighted by atomic mass is 10.0. The highest BCUT2D eigenvalue weighted by Gasteiger charge is 2.20. The molecule has 0 aliphatic rings. The van der Waals surface area contributed by atoms with Gasteiger partial charge in [0.1, 0.15) is 0 Å². The van der Waals surface area contributed by atoms with Gasteiger partial charge in [-0.3, -0.25) is 0 Å².